The van der Waals surface area contributed by atoms with E-state index in [1.807, 2.05) is 47.5 Å². The number of nitrogens with zero attached hydrogens (tertiary/aromatic N) is 4. The summed E-state index contributed by atoms with van der Waals surface area (Å²) in [4.78, 5) is 23.6. The summed E-state index contributed by atoms with van der Waals surface area (Å²) in [6, 6.07) is 14.2. The predicted octanol–water partition coefficient (Wildman–Crippen LogP) is 3.24. The number of pyridine rings is 1. The first kappa shape index (κ1) is 18.9. The number of amides is 2. The second-order valence-electron chi connectivity index (χ2n) is 7.35. The molecule has 0 unspecified atom stereocenters. The van der Waals surface area contributed by atoms with Gasteiger partial charge in [0.25, 0.3) is 0 Å². The average Bonchev–Trinajstić information content (AvgIpc) is 2.75. The van der Waals surface area contributed by atoms with Gasteiger partial charge >= 0.3 is 6.03 Å². The monoisotopic (exact) mass is 399 g/mol. The number of piperazine rings is 1. The van der Waals surface area contributed by atoms with Gasteiger partial charge in [0.2, 0.25) is 0 Å². The molecule has 0 saturated carbocycles. The number of anilines is 2. The van der Waals surface area contributed by atoms with E-state index in [1.54, 1.807) is 0 Å². The van der Waals surface area contributed by atoms with Gasteiger partial charge in [-0.05, 0) is 43.2 Å². The second-order valence-corrected chi connectivity index (χ2v) is 7.79. The van der Waals surface area contributed by atoms with E-state index in [0.29, 0.717) is 0 Å². The Bertz CT molecular complexity index is 786. The number of urea groups is 1. The van der Waals surface area contributed by atoms with Crippen LogP contribution in [0, 0.1) is 0 Å². The number of aromatic nitrogens is 1. The van der Waals surface area contributed by atoms with E-state index in [0.717, 1.165) is 68.6 Å². The molecule has 2 aliphatic heterocycles. The Morgan fingerprint density at radius 3 is 2.43 bits per heavy atom. The molecule has 2 fully saturated rings. The molecule has 3 heterocycles. The smallest absolute Gasteiger partial charge is 0.317 e. The lowest BCUT2D eigenvalue weighted by molar-refractivity contribution is 0.188. The summed E-state index contributed by atoms with van der Waals surface area (Å²) >= 11 is 6.09. The maximum Gasteiger partial charge on any atom is 0.317 e. The van der Waals surface area contributed by atoms with Crippen LogP contribution in [0.25, 0.3) is 0 Å². The number of hydrogen-bond donors (Lipinski definition) is 1. The van der Waals surface area contributed by atoms with Gasteiger partial charge in [-0.2, -0.15) is 0 Å². The molecule has 0 radical (unpaired) electrons. The Morgan fingerprint density at radius 2 is 1.75 bits per heavy atom. The van der Waals surface area contributed by atoms with Crippen molar-refractivity contribution in [1.29, 1.82) is 0 Å². The zero-order chi connectivity index (χ0) is 19.3. The summed E-state index contributed by atoms with van der Waals surface area (Å²) in [7, 11) is 0. The van der Waals surface area contributed by atoms with E-state index < -0.39 is 0 Å². The van der Waals surface area contributed by atoms with Gasteiger partial charge in [-0.1, -0.05) is 23.7 Å². The Morgan fingerprint density at radius 1 is 0.964 bits per heavy atom. The number of nitrogens with one attached hydrogen (secondary N) is 1. The van der Waals surface area contributed by atoms with E-state index in [9.17, 15) is 4.79 Å². The molecule has 148 valence electrons. The van der Waals surface area contributed by atoms with Crippen LogP contribution in [-0.2, 0) is 0 Å². The van der Waals surface area contributed by atoms with Crippen LogP contribution >= 0.6 is 11.6 Å². The number of hydrogen-bond acceptors (Lipinski definition) is 4. The average molecular weight is 400 g/mol. The molecule has 6 nitrogen and oxygen atoms in total. The van der Waals surface area contributed by atoms with Crippen LogP contribution in [0.3, 0.4) is 0 Å². The third-order valence-corrected chi connectivity index (χ3v) is 5.77. The molecule has 1 aromatic carbocycles. The highest BCUT2D eigenvalue weighted by atomic mass is 35.5. The zero-order valence-electron chi connectivity index (χ0n) is 15.9. The van der Waals surface area contributed by atoms with Crippen molar-refractivity contribution in [2.45, 2.75) is 18.9 Å². The van der Waals surface area contributed by atoms with Crippen LogP contribution in [0.5, 0.6) is 0 Å². The van der Waals surface area contributed by atoms with Crippen molar-refractivity contribution in [3.8, 4) is 0 Å². The van der Waals surface area contributed by atoms with Gasteiger partial charge in [0.15, 0.2) is 0 Å². The minimum atomic E-state index is 0.0574. The lowest BCUT2D eigenvalue weighted by Crippen LogP contribution is -2.55. The van der Waals surface area contributed by atoms with Crippen molar-refractivity contribution >= 4 is 29.1 Å². The standard InChI is InChI=1S/C21H26ClN5O/c22-17-4-3-5-19(16-17)25-12-14-27(15-13-25)21(28)24-18-7-10-26(11-8-18)20-6-1-2-9-23-20/h1-6,9,16,18H,7-8,10-15H2,(H,24,28). The summed E-state index contributed by atoms with van der Waals surface area (Å²) in [6.07, 6.45) is 3.72. The SMILES string of the molecule is O=C(NC1CCN(c2ccccn2)CC1)N1CCN(c2cccc(Cl)c2)CC1. The van der Waals surface area contributed by atoms with Crippen LogP contribution in [0.15, 0.2) is 48.7 Å². The molecule has 1 aromatic heterocycles. The molecule has 0 spiro atoms. The summed E-state index contributed by atoms with van der Waals surface area (Å²) < 4.78 is 0. The molecule has 2 aromatic rings. The minimum absolute atomic E-state index is 0.0574. The van der Waals surface area contributed by atoms with Crippen molar-refractivity contribution in [1.82, 2.24) is 15.2 Å². The highest BCUT2D eigenvalue weighted by molar-refractivity contribution is 6.30. The van der Waals surface area contributed by atoms with Crippen LogP contribution in [0.4, 0.5) is 16.3 Å². The zero-order valence-corrected chi connectivity index (χ0v) is 16.7. The largest absolute Gasteiger partial charge is 0.368 e. The number of piperidine rings is 1. The first-order valence-corrected chi connectivity index (χ1v) is 10.3. The fourth-order valence-electron chi connectivity index (χ4n) is 3.90. The molecular formula is C21H26ClN5O. The highest BCUT2D eigenvalue weighted by Gasteiger charge is 2.26. The van der Waals surface area contributed by atoms with Crippen LogP contribution < -0.4 is 15.1 Å². The Balaban J connectivity index is 1.23. The number of carbonyl (C=O) groups excluding carboxylic acids is 1. The van der Waals surface area contributed by atoms with Crippen LogP contribution in [0.1, 0.15) is 12.8 Å². The Labute approximate surface area is 171 Å². The number of benzene rings is 1. The van der Waals surface area contributed by atoms with E-state index in [-0.39, 0.29) is 12.1 Å². The third-order valence-electron chi connectivity index (χ3n) is 5.54. The van der Waals surface area contributed by atoms with Gasteiger partial charge < -0.3 is 20.0 Å². The number of rotatable bonds is 3. The van der Waals surface area contributed by atoms with Gasteiger partial charge in [-0.15, -0.1) is 0 Å². The predicted molar refractivity (Wildman–Crippen MR) is 113 cm³/mol. The van der Waals surface area contributed by atoms with Crippen molar-refractivity contribution in [3.63, 3.8) is 0 Å². The maximum atomic E-state index is 12.7. The molecule has 0 atom stereocenters. The first-order valence-electron chi connectivity index (χ1n) is 9.91. The van der Waals surface area contributed by atoms with Crippen molar-refractivity contribution in [2.24, 2.45) is 0 Å². The third kappa shape index (κ3) is 4.50. The fourth-order valence-corrected chi connectivity index (χ4v) is 4.08. The van der Waals surface area contributed by atoms with Crippen molar-refractivity contribution in [3.05, 3.63) is 53.7 Å². The molecule has 2 saturated heterocycles. The van der Waals surface area contributed by atoms with Crippen molar-refractivity contribution in [2.75, 3.05) is 49.1 Å². The molecule has 4 rings (SSSR count). The fraction of sp³-hybridized carbons (Fsp3) is 0.429. The Hall–Kier alpha value is -2.47. The molecule has 1 N–H and O–H groups in total. The van der Waals surface area contributed by atoms with Crippen molar-refractivity contribution < 1.29 is 4.79 Å². The summed E-state index contributed by atoms with van der Waals surface area (Å²) in [5.41, 5.74) is 1.12. The molecule has 7 heteroatoms. The second kappa shape index (κ2) is 8.69. The van der Waals surface area contributed by atoms with E-state index >= 15 is 0 Å². The van der Waals surface area contributed by atoms with E-state index in [2.05, 4.69) is 26.2 Å². The summed E-state index contributed by atoms with van der Waals surface area (Å²) in [5, 5.41) is 3.97. The molecule has 28 heavy (non-hydrogen) atoms. The lowest BCUT2D eigenvalue weighted by atomic mass is 10.1. The van der Waals surface area contributed by atoms with Crippen LogP contribution in [-0.4, -0.2) is 61.2 Å². The van der Waals surface area contributed by atoms with Gasteiger partial charge in [0.1, 0.15) is 5.82 Å². The van der Waals surface area contributed by atoms with Crippen LogP contribution in [0.2, 0.25) is 5.02 Å². The topological polar surface area (TPSA) is 51.7 Å². The molecule has 2 aliphatic rings. The maximum absolute atomic E-state index is 12.7. The number of halogens is 1. The molecular weight excluding hydrogens is 374 g/mol. The van der Waals surface area contributed by atoms with E-state index in [1.165, 1.54) is 0 Å². The minimum Gasteiger partial charge on any atom is -0.368 e. The van der Waals surface area contributed by atoms with Gasteiger partial charge in [0.05, 0.1) is 0 Å². The Kier molecular flexibility index (Phi) is 5.86. The molecule has 0 aliphatic carbocycles. The number of carbonyl (C=O) groups is 1. The molecule has 0 bridgehead atoms. The van der Waals surface area contributed by atoms with E-state index in [4.69, 9.17) is 11.6 Å². The quantitative estimate of drug-likeness (QED) is 0.860. The van der Waals surface area contributed by atoms with Gasteiger partial charge in [-0.25, -0.2) is 9.78 Å². The molecule has 2 amide bonds. The summed E-state index contributed by atoms with van der Waals surface area (Å²) in [6.45, 7) is 4.95. The summed E-state index contributed by atoms with van der Waals surface area (Å²) in [5.74, 6) is 1.02. The lowest BCUT2D eigenvalue weighted by Gasteiger charge is -2.38. The van der Waals surface area contributed by atoms with Gasteiger partial charge in [0, 0.05) is 62.2 Å². The normalized spacial score (nSPS) is 18.2. The first-order chi connectivity index (χ1) is 13.7. The van der Waals surface area contributed by atoms with Gasteiger partial charge in [-0.3, -0.25) is 0 Å². The highest BCUT2D eigenvalue weighted by Crippen LogP contribution is 2.21.